The molecule has 1 aliphatic heterocycles. The summed E-state index contributed by atoms with van der Waals surface area (Å²) in [4.78, 5) is 60.0. The van der Waals surface area contributed by atoms with Gasteiger partial charge in [0.15, 0.2) is 0 Å². The van der Waals surface area contributed by atoms with E-state index in [1.54, 1.807) is 6.20 Å². The van der Waals surface area contributed by atoms with Crippen LogP contribution >= 0.6 is 0 Å². The molecule has 2 aliphatic rings. The molecular weight excluding hydrogens is 596 g/mol. The van der Waals surface area contributed by atoms with Crippen molar-refractivity contribution in [2.75, 3.05) is 0 Å². The zero-order valence-corrected chi connectivity index (χ0v) is 27.8. The average molecular weight is 649 g/mol. The highest BCUT2D eigenvalue weighted by atomic mass is 16.3. The SMILES string of the molecule is C=C[C@@H](C[C@H](O)[C@H](CC1CCCCC1)NC(=O)[C@H](Cc1cnc[nH]1)NC(=O)[C@H](Cc1ccccc1)NC(=O)[C@H]1CCC(=O)N1)C(C)C. The molecule has 2 fully saturated rings. The first-order valence-electron chi connectivity index (χ1n) is 17.1. The molecule has 11 heteroatoms. The molecule has 4 amide bonds. The predicted molar refractivity (Wildman–Crippen MR) is 180 cm³/mol. The number of nitrogens with zero attached hydrogens (tertiary/aromatic N) is 1. The number of nitrogens with one attached hydrogen (secondary N) is 5. The van der Waals surface area contributed by atoms with Gasteiger partial charge >= 0.3 is 0 Å². The van der Waals surface area contributed by atoms with E-state index in [2.05, 4.69) is 51.7 Å². The van der Waals surface area contributed by atoms with E-state index in [-0.39, 0.29) is 37.0 Å². The minimum absolute atomic E-state index is 0.0863. The highest BCUT2D eigenvalue weighted by Gasteiger charge is 2.34. The lowest BCUT2D eigenvalue weighted by Crippen LogP contribution is -2.58. The standard InChI is InChI=1S/C36H52N6O5/c1-4-26(23(2)3)19-32(43)29(17-24-11-7-5-8-12-24)40-36(47)31(20-27-21-37-22-38-27)42-35(46)30(18-25-13-9-6-10-14-25)41-34(45)28-15-16-33(44)39-28/h4,6,9-10,13-14,21-24,26,28-32,43H,1,5,7-8,11-12,15-20H2,2-3H3,(H,37,38)(H,39,44)(H,40,47)(H,41,45)(H,42,46)/t26-,28+,29-,30-,31-,32-/m0/s1. The monoisotopic (exact) mass is 648 g/mol. The lowest BCUT2D eigenvalue weighted by molar-refractivity contribution is -0.133. The molecule has 1 saturated carbocycles. The lowest BCUT2D eigenvalue weighted by atomic mass is 9.81. The van der Waals surface area contributed by atoms with Gasteiger partial charge in [-0.15, -0.1) is 6.58 Å². The smallest absolute Gasteiger partial charge is 0.243 e. The first-order valence-corrected chi connectivity index (χ1v) is 17.1. The second-order valence-corrected chi connectivity index (χ2v) is 13.6. The topological polar surface area (TPSA) is 165 Å². The number of carbonyl (C=O) groups is 4. The molecule has 2 heterocycles. The van der Waals surface area contributed by atoms with Crippen molar-refractivity contribution in [1.29, 1.82) is 0 Å². The van der Waals surface area contributed by atoms with Gasteiger partial charge in [-0.2, -0.15) is 0 Å². The number of aliphatic hydroxyl groups is 1. The number of benzene rings is 1. The van der Waals surface area contributed by atoms with Crippen molar-refractivity contribution in [3.8, 4) is 0 Å². The molecule has 6 N–H and O–H groups in total. The number of allylic oxidation sites excluding steroid dienone is 1. The maximum absolute atomic E-state index is 14.1. The molecule has 6 atom stereocenters. The Balaban J connectivity index is 1.54. The Hall–Kier alpha value is -3.99. The van der Waals surface area contributed by atoms with E-state index >= 15 is 0 Å². The zero-order chi connectivity index (χ0) is 33.8. The van der Waals surface area contributed by atoms with Crippen LogP contribution in [0.15, 0.2) is 55.5 Å². The van der Waals surface area contributed by atoms with Gasteiger partial charge in [-0.1, -0.05) is 82.4 Å². The van der Waals surface area contributed by atoms with Crippen molar-refractivity contribution in [1.82, 2.24) is 31.2 Å². The van der Waals surface area contributed by atoms with Crippen LogP contribution in [0, 0.1) is 17.8 Å². The summed E-state index contributed by atoms with van der Waals surface area (Å²) >= 11 is 0. The van der Waals surface area contributed by atoms with E-state index in [0.29, 0.717) is 30.9 Å². The maximum Gasteiger partial charge on any atom is 0.243 e. The molecular formula is C36H52N6O5. The number of rotatable bonds is 17. The molecule has 2 aromatic rings. The Morgan fingerprint density at radius 2 is 1.70 bits per heavy atom. The van der Waals surface area contributed by atoms with Crippen LogP contribution in [0.3, 0.4) is 0 Å². The van der Waals surface area contributed by atoms with Gasteiger partial charge in [-0.25, -0.2) is 4.98 Å². The first-order chi connectivity index (χ1) is 22.6. The normalized spacial score (nSPS) is 20.0. The van der Waals surface area contributed by atoms with Crippen molar-refractivity contribution < 1.29 is 24.3 Å². The third-order valence-corrected chi connectivity index (χ3v) is 9.62. The van der Waals surface area contributed by atoms with Crippen LogP contribution in [0.1, 0.15) is 82.9 Å². The van der Waals surface area contributed by atoms with E-state index < -0.39 is 48.0 Å². The van der Waals surface area contributed by atoms with Crippen molar-refractivity contribution in [2.24, 2.45) is 17.8 Å². The minimum atomic E-state index is -1.01. The summed E-state index contributed by atoms with van der Waals surface area (Å²) in [6.07, 6.45) is 11.8. The molecule has 256 valence electrons. The van der Waals surface area contributed by atoms with Gasteiger partial charge in [0.05, 0.1) is 18.5 Å². The first kappa shape index (κ1) is 35.9. The van der Waals surface area contributed by atoms with Crippen molar-refractivity contribution in [2.45, 2.75) is 115 Å². The number of aromatic nitrogens is 2. The summed E-state index contributed by atoms with van der Waals surface area (Å²) < 4.78 is 0. The summed E-state index contributed by atoms with van der Waals surface area (Å²) in [5, 5.41) is 23.0. The van der Waals surface area contributed by atoms with Gasteiger partial charge in [0, 0.05) is 31.2 Å². The molecule has 1 aromatic heterocycles. The van der Waals surface area contributed by atoms with Crippen LogP contribution in [-0.4, -0.2) is 69.0 Å². The number of aliphatic hydroxyl groups excluding tert-OH is 1. The highest BCUT2D eigenvalue weighted by Crippen LogP contribution is 2.30. The number of carbonyl (C=O) groups excluding carboxylic acids is 4. The number of imidazole rings is 1. The average Bonchev–Trinajstić information content (AvgIpc) is 3.75. The maximum atomic E-state index is 14.1. The largest absolute Gasteiger partial charge is 0.391 e. The fraction of sp³-hybridized carbons (Fsp3) is 0.583. The summed E-state index contributed by atoms with van der Waals surface area (Å²) in [7, 11) is 0. The number of amides is 4. The Labute approximate surface area is 278 Å². The van der Waals surface area contributed by atoms with Crippen LogP contribution < -0.4 is 21.3 Å². The van der Waals surface area contributed by atoms with Crippen molar-refractivity contribution in [3.05, 3.63) is 66.8 Å². The molecule has 4 rings (SSSR count). The van der Waals surface area contributed by atoms with E-state index in [1.807, 2.05) is 36.4 Å². The molecule has 1 saturated heterocycles. The molecule has 0 bridgehead atoms. The molecule has 1 aliphatic carbocycles. The Morgan fingerprint density at radius 1 is 1.00 bits per heavy atom. The van der Waals surface area contributed by atoms with Crippen LogP contribution in [0.2, 0.25) is 0 Å². The molecule has 0 spiro atoms. The van der Waals surface area contributed by atoms with Gasteiger partial charge < -0.3 is 31.4 Å². The molecule has 0 radical (unpaired) electrons. The van der Waals surface area contributed by atoms with Gasteiger partial charge in [0.25, 0.3) is 0 Å². The van der Waals surface area contributed by atoms with Crippen LogP contribution in [-0.2, 0) is 32.0 Å². The second kappa shape index (κ2) is 17.8. The quantitative estimate of drug-likeness (QED) is 0.144. The lowest BCUT2D eigenvalue weighted by Gasteiger charge is -2.33. The zero-order valence-electron chi connectivity index (χ0n) is 27.8. The van der Waals surface area contributed by atoms with Crippen LogP contribution in [0.4, 0.5) is 0 Å². The van der Waals surface area contributed by atoms with Gasteiger partial charge in [-0.3, -0.25) is 19.2 Å². The number of aromatic amines is 1. The number of hydrogen-bond donors (Lipinski definition) is 6. The van der Waals surface area contributed by atoms with E-state index in [4.69, 9.17) is 0 Å². The minimum Gasteiger partial charge on any atom is -0.391 e. The third kappa shape index (κ3) is 11.1. The Bertz CT molecular complexity index is 1310. The van der Waals surface area contributed by atoms with Crippen molar-refractivity contribution in [3.63, 3.8) is 0 Å². The predicted octanol–water partition coefficient (Wildman–Crippen LogP) is 3.11. The van der Waals surface area contributed by atoms with Crippen LogP contribution in [0.25, 0.3) is 0 Å². The molecule has 1 aromatic carbocycles. The fourth-order valence-corrected chi connectivity index (χ4v) is 6.70. The summed E-state index contributed by atoms with van der Waals surface area (Å²) in [5.74, 6) is -0.824. The number of hydrogen-bond acceptors (Lipinski definition) is 6. The molecule has 47 heavy (non-hydrogen) atoms. The van der Waals surface area contributed by atoms with E-state index in [1.165, 1.54) is 12.7 Å². The summed E-state index contributed by atoms with van der Waals surface area (Å²) in [6, 6.07) is 6.08. The van der Waals surface area contributed by atoms with Crippen molar-refractivity contribution >= 4 is 23.6 Å². The van der Waals surface area contributed by atoms with Crippen LogP contribution in [0.5, 0.6) is 0 Å². The molecule has 0 unspecified atom stereocenters. The highest BCUT2D eigenvalue weighted by molar-refractivity contribution is 5.95. The summed E-state index contributed by atoms with van der Waals surface area (Å²) in [5.41, 5.74) is 1.48. The number of H-pyrrole nitrogens is 1. The molecule has 11 nitrogen and oxygen atoms in total. The second-order valence-electron chi connectivity index (χ2n) is 13.6. The summed E-state index contributed by atoms with van der Waals surface area (Å²) in [6.45, 7) is 8.15. The van der Waals surface area contributed by atoms with Gasteiger partial charge in [0.2, 0.25) is 23.6 Å². The third-order valence-electron chi connectivity index (χ3n) is 9.62. The van der Waals surface area contributed by atoms with E-state index in [9.17, 15) is 24.3 Å². The van der Waals surface area contributed by atoms with E-state index in [0.717, 1.165) is 31.2 Å². The fourth-order valence-electron chi connectivity index (χ4n) is 6.70. The Kier molecular flexibility index (Phi) is 13.6. The Morgan fingerprint density at radius 3 is 2.32 bits per heavy atom. The van der Waals surface area contributed by atoms with Gasteiger partial charge in [-0.05, 0) is 42.6 Å². The van der Waals surface area contributed by atoms with Gasteiger partial charge in [0.1, 0.15) is 18.1 Å².